The van der Waals surface area contributed by atoms with Gasteiger partial charge in [0.1, 0.15) is 11.3 Å². The molecule has 32 heavy (non-hydrogen) atoms. The van der Waals surface area contributed by atoms with Gasteiger partial charge in [0.15, 0.2) is 11.6 Å². The lowest BCUT2D eigenvalue weighted by molar-refractivity contribution is 0.0695. The maximum Gasteiger partial charge on any atom is 0.341 e. The topological polar surface area (TPSA) is 110 Å². The Bertz CT molecular complexity index is 1160. The highest BCUT2D eigenvalue weighted by Gasteiger charge is 2.36. The predicted octanol–water partition coefficient (Wildman–Crippen LogP) is 2.73. The van der Waals surface area contributed by atoms with Gasteiger partial charge in [0, 0.05) is 37.4 Å². The summed E-state index contributed by atoms with van der Waals surface area (Å²) in [6.45, 7) is 3.41. The van der Waals surface area contributed by atoms with E-state index >= 15 is 4.39 Å². The molecule has 3 fully saturated rings. The Morgan fingerprint density at radius 3 is 2.56 bits per heavy atom. The maximum absolute atomic E-state index is 15.7. The second kappa shape index (κ2) is 7.65. The van der Waals surface area contributed by atoms with Gasteiger partial charge in [0.2, 0.25) is 5.43 Å². The van der Waals surface area contributed by atoms with Crippen LogP contribution in [0.3, 0.4) is 0 Å². The number of anilines is 2. The van der Waals surface area contributed by atoms with Crippen LogP contribution in [-0.4, -0.2) is 47.9 Å². The van der Waals surface area contributed by atoms with E-state index < -0.39 is 22.8 Å². The molecule has 1 aliphatic heterocycles. The van der Waals surface area contributed by atoms with E-state index in [0.29, 0.717) is 36.6 Å². The summed E-state index contributed by atoms with van der Waals surface area (Å²) in [5, 5.41) is 13.1. The van der Waals surface area contributed by atoms with Gasteiger partial charge in [-0.05, 0) is 38.0 Å². The molecule has 1 saturated heterocycles. The Balaban J connectivity index is 1.66. The Morgan fingerprint density at radius 1 is 1.28 bits per heavy atom. The lowest BCUT2D eigenvalue weighted by atomic mass is 9.92. The third-order valence-corrected chi connectivity index (χ3v) is 7.00. The van der Waals surface area contributed by atoms with Crippen LogP contribution in [0.25, 0.3) is 10.9 Å². The smallest absolute Gasteiger partial charge is 0.341 e. The van der Waals surface area contributed by atoms with E-state index in [-0.39, 0.29) is 28.6 Å². The molecule has 9 heteroatoms. The van der Waals surface area contributed by atoms with Crippen molar-refractivity contribution in [3.8, 4) is 5.75 Å². The van der Waals surface area contributed by atoms with Crippen LogP contribution in [0, 0.1) is 11.7 Å². The molecule has 0 spiro atoms. The lowest BCUT2D eigenvalue weighted by Crippen LogP contribution is -2.49. The highest BCUT2D eigenvalue weighted by atomic mass is 19.1. The van der Waals surface area contributed by atoms with Crippen LogP contribution in [0.5, 0.6) is 5.75 Å². The van der Waals surface area contributed by atoms with Crippen LogP contribution in [0.1, 0.15) is 55.4 Å². The highest BCUT2D eigenvalue weighted by Crippen LogP contribution is 2.46. The standard InChI is InChI=1S/C23H29FN4O4/c1-11-9-27(8-7-15(11)26-12-3-4-12)20-17(24)18(25)16-19(22(20)32-2)28(13-5-6-13)10-14(21(16)29)23(30)31/h10-13,15,26H,3-9,25H2,1-2H3,(H,30,31). The number of hydrogen-bond donors (Lipinski definition) is 3. The van der Waals surface area contributed by atoms with E-state index in [2.05, 4.69) is 12.2 Å². The third-order valence-electron chi connectivity index (χ3n) is 7.00. The fourth-order valence-corrected chi connectivity index (χ4v) is 4.98. The summed E-state index contributed by atoms with van der Waals surface area (Å²) in [6.07, 6.45) is 6.35. The average molecular weight is 445 g/mol. The molecule has 2 unspecified atom stereocenters. The van der Waals surface area contributed by atoms with Gasteiger partial charge < -0.3 is 30.4 Å². The largest absolute Gasteiger partial charge is 0.492 e. The second-order valence-electron chi connectivity index (χ2n) is 9.41. The SMILES string of the molecule is COc1c(N2CCC(NC3CC3)C(C)C2)c(F)c(N)c2c(=O)c(C(=O)O)cn(C3CC3)c12. The molecule has 2 atom stereocenters. The molecule has 3 aliphatic rings. The minimum Gasteiger partial charge on any atom is -0.492 e. The summed E-state index contributed by atoms with van der Waals surface area (Å²) >= 11 is 0. The van der Waals surface area contributed by atoms with Crippen LogP contribution in [0.15, 0.2) is 11.0 Å². The van der Waals surface area contributed by atoms with Crippen molar-refractivity contribution in [2.75, 3.05) is 30.8 Å². The van der Waals surface area contributed by atoms with Crippen molar-refractivity contribution in [1.29, 1.82) is 0 Å². The Kier molecular flexibility index (Phi) is 5.03. The molecule has 1 aromatic carbocycles. The molecule has 2 aliphatic carbocycles. The highest BCUT2D eigenvalue weighted by molar-refractivity contribution is 6.03. The number of nitrogens with one attached hydrogen (secondary N) is 1. The van der Waals surface area contributed by atoms with Crippen molar-refractivity contribution >= 4 is 28.2 Å². The molecule has 5 rings (SSSR count). The van der Waals surface area contributed by atoms with Crippen molar-refractivity contribution in [3.05, 3.63) is 27.8 Å². The number of nitrogen functional groups attached to an aromatic ring is 1. The van der Waals surface area contributed by atoms with Crippen LogP contribution in [0.2, 0.25) is 0 Å². The normalized spacial score (nSPS) is 23.5. The number of pyridine rings is 1. The number of aromatic carboxylic acids is 1. The number of halogens is 1. The Morgan fingerprint density at radius 2 is 2.00 bits per heavy atom. The molecule has 4 N–H and O–H groups in total. The first-order valence-electron chi connectivity index (χ1n) is 11.3. The van der Waals surface area contributed by atoms with Crippen molar-refractivity contribution in [1.82, 2.24) is 9.88 Å². The summed E-state index contributed by atoms with van der Waals surface area (Å²) < 4.78 is 23.1. The number of aromatic nitrogens is 1. The number of fused-ring (bicyclic) bond motifs is 1. The summed E-state index contributed by atoms with van der Waals surface area (Å²) in [7, 11) is 1.45. The number of carbonyl (C=O) groups is 1. The van der Waals surface area contributed by atoms with Gasteiger partial charge in [0.25, 0.3) is 0 Å². The first kappa shape index (κ1) is 21.1. The lowest BCUT2D eigenvalue weighted by Gasteiger charge is -2.39. The fourth-order valence-electron chi connectivity index (χ4n) is 4.98. The van der Waals surface area contributed by atoms with Gasteiger partial charge in [-0.1, -0.05) is 6.92 Å². The van der Waals surface area contributed by atoms with Crippen LogP contribution >= 0.6 is 0 Å². The van der Waals surface area contributed by atoms with E-state index in [1.165, 1.54) is 26.1 Å². The molecular weight excluding hydrogens is 415 g/mol. The molecule has 8 nitrogen and oxygen atoms in total. The third kappa shape index (κ3) is 3.39. The van der Waals surface area contributed by atoms with E-state index in [9.17, 15) is 14.7 Å². The molecule has 172 valence electrons. The second-order valence-corrected chi connectivity index (χ2v) is 9.41. The zero-order valence-electron chi connectivity index (χ0n) is 18.4. The van der Waals surface area contributed by atoms with Crippen LogP contribution in [0.4, 0.5) is 15.8 Å². The number of methoxy groups -OCH3 is 1. The van der Waals surface area contributed by atoms with Gasteiger partial charge in [-0.3, -0.25) is 4.79 Å². The number of hydrogen-bond acceptors (Lipinski definition) is 6. The van der Waals surface area contributed by atoms with Crippen molar-refractivity contribution < 1.29 is 19.0 Å². The number of rotatable bonds is 6. The number of piperidine rings is 1. The average Bonchev–Trinajstić information content (AvgIpc) is 3.66. The summed E-state index contributed by atoms with van der Waals surface area (Å²) in [4.78, 5) is 26.6. The summed E-state index contributed by atoms with van der Waals surface area (Å²) in [6, 6.07) is 1.02. The van der Waals surface area contributed by atoms with Gasteiger partial charge in [-0.2, -0.15) is 0 Å². The van der Waals surface area contributed by atoms with Gasteiger partial charge >= 0.3 is 5.97 Å². The number of nitrogens with zero attached hydrogens (tertiary/aromatic N) is 2. The Hall–Kier alpha value is -2.81. The number of ether oxygens (including phenoxy) is 1. The number of carboxylic acid groups (broad SMARTS) is 1. The molecule has 0 amide bonds. The molecule has 0 radical (unpaired) electrons. The summed E-state index contributed by atoms with van der Waals surface area (Å²) in [5.74, 6) is -1.54. The molecule has 2 saturated carbocycles. The molecule has 0 bridgehead atoms. The van der Waals surface area contributed by atoms with Gasteiger partial charge in [-0.15, -0.1) is 0 Å². The molecular formula is C23H29FN4O4. The van der Waals surface area contributed by atoms with Crippen molar-refractivity contribution in [3.63, 3.8) is 0 Å². The minimum absolute atomic E-state index is 0.0372. The zero-order valence-corrected chi connectivity index (χ0v) is 18.4. The molecule has 1 aromatic heterocycles. The van der Waals surface area contributed by atoms with Gasteiger partial charge in [0.05, 0.1) is 23.7 Å². The van der Waals surface area contributed by atoms with E-state index in [1.54, 1.807) is 4.57 Å². The van der Waals surface area contributed by atoms with Crippen LogP contribution in [-0.2, 0) is 0 Å². The number of benzene rings is 1. The van der Waals surface area contributed by atoms with E-state index in [1.807, 2.05) is 4.90 Å². The first-order chi connectivity index (χ1) is 15.3. The quantitative estimate of drug-likeness (QED) is 0.588. The number of carboxylic acids is 1. The predicted molar refractivity (Wildman–Crippen MR) is 120 cm³/mol. The maximum atomic E-state index is 15.7. The minimum atomic E-state index is -1.35. The van der Waals surface area contributed by atoms with Crippen molar-refractivity contribution in [2.24, 2.45) is 5.92 Å². The number of nitrogens with two attached hydrogens (primary N) is 1. The molecule has 2 aromatic rings. The molecule has 2 heterocycles. The van der Waals surface area contributed by atoms with Crippen molar-refractivity contribution in [2.45, 2.75) is 57.2 Å². The zero-order chi connectivity index (χ0) is 22.7. The fraction of sp³-hybridized carbons (Fsp3) is 0.565. The monoisotopic (exact) mass is 444 g/mol. The van der Waals surface area contributed by atoms with E-state index in [0.717, 1.165) is 19.3 Å². The van der Waals surface area contributed by atoms with E-state index in [4.69, 9.17) is 10.5 Å². The Labute approximate surface area is 185 Å². The van der Waals surface area contributed by atoms with Gasteiger partial charge in [-0.25, -0.2) is 9.18 Å². The van der Waals surface area contributed by atoms with Crippen LogP contribution < -0.4 is 26.1 Å². The summed E-state index contributed by atoms with van der Waals surface area (Å²) in [5.41, 5.74) is 5.29. The first-order valence-corrected chi connectivity index (χ1v) is 11.3.